The van der Waals surface area contributed by atoms with Crippen LogP contribution >= 0.6 is 0 Å². The number of nitrogens with zero attached hydrogens (tertiary/aromatic N) is 2. The molecule has 2 N–H and O–H groups in total. The van der Waals surface area contributed by atoms with Gasteiger partial charge in [0.25, 0.3) is 5.91 Å². The molecule has 0 radical (unpaired) electrons. The van der Waals surface area contributed by atoms with Gasteiger partial charge in [0.2, 0.25) is 0 Å². The Morgan fingerprint density at radius 2 is 1.45 bits per heavy atom. The second-order valence-corrected chi connectivity index (χ2v) is 9.24. The summed E-state index contributed by atoms with van der Waals surface area (Å²) in [6.45, 7) is 16.2. The standard InChI is InChI=1S/C28H40FN3O/c1-8-10-24(11-9-2)32(27-18-23(21(7)30)14-17-26(27)29)25-15-12-22(13-16-25)28(33)31(19(3)4)20(5)6/h12-20,24H,7-11,30H2,1-6H3. The third-order valence-electron chi connectivity index (χ3n) is 5.93. The fourth-order valence-corrected chi connectivity index (χ4v) is 4.49. The molecule has 0 bridgehead atoms. The van der Waals surface area contributed by atoms with Crippen molar-refractivity contribution in [3.63, 3.8) is 0 Å². The highest BCUT2D eigenvalue weighted by Gasteiger charge is 2.25. The molecule has 0 aliphatic rings. The van der Waals surface area contributed by atoms with Gasteiger partial charge in [-0.25, -0.2) is 4.39 Å². The van der Waals surface area contributed by atoms with Crippen LogP contribution in [0.3, 0.4) is 0 Å². The van der Waals surface area contributed by atoms with Crippen LogP contribution in [-0.2, 0) is 0 Å². The number of benzene rings is 2. The van der Waals surface area contributed by atoms with Crippen LogP contribution in [-0.4, -0.2) is 28.9 Å². The molecular weight excluding hydrogens is 413 g/mol. The maximum absolute atomic E-state index is 15.1. The van der Waals surface area contributed by atoms with Crippen molar-refractivity contribution >= 4 is 23.0 Å². The molecule has 2 aromatic rings. The lowest BCUT2D eigenvalue weighted by molar-refractivity contribution is 0.0643. The van der Waals surface area contributed by atoms with Gasteiger partial charge in [-0.1, -0.05) is 33.3 Å². The predicted molar refractivity (Wildman–Crippen MR) is 138 cm³/mol. The first-order valence-electron chi connectivity index (χ1n) is 12.1. The highest BCUT2D eigenvalue weighted by atomic mass is 19.1. The Morgan fingerprint density at radius 3 is 1.91 bits per heavy atom. The monoisotopic (exact) mass is 453 g/mol. The lowest BCUT2D eigenvalue weighted by Gasteiger charge is -2.35. The highest BCUT2D eigenvalue weighted by molar-refractivity contribution is 5.95. The van der Waals surface area contributed by atoms with Crippen molar-refractivity contribution in [2.75, 3.05) is 4.90 Å². The van der Waals surface area contributed by atoms with Crippen LogP contribution < -0.4 is 10.6 Å². The van der Waals surface area contributed by atoms with Gasteiger partial charge in [-0.05, 0) is 88.6 Å². The maximum Gasteiger partial charge on any atom is 0.254 e. The van der Waals surface area contributed by atoms with E-state index in [4.69, 9.17) is 5.73 Å². The van der Waals surface area contributed by atoms with Crippen molar-refractivity contribution in [2.45, 2.75) is 85.4 Å². The van der Waals surface area contributed by atoms with Crippen molar-refractivity contribution in [2.24, 2.45) is 5.73 Å². The molecule has 0 spiro atoms. The average Bonchev–Trinajstić information content (AvgIpc) is 2.75. The zero-order chi connectivity index (χ0) is 24.7. The average molecular weight is 454 g/mol. The van der Waals surface area contributed by atoms with E-state index < -0.39 is 0 Å². The van der Waals surface area contributed by atoms with Gasteiger partial charge in [-0.15, -0.1) is 0 Å². The van der Waals surface area contributed by atoms with Crippen LogP contribution in [0.1, 0.15) is 83.1 Å². The summed E-state index contributed by atoms with van der Waals surface area (Å²) in [5.74, 6) is -0.299. The molecule has 0 heterocycles. The van der Waals surface area contributed by atoms with Crippen molar-refractivity contribution < 1.29 is 9.18 Å². The van der Waals surface area contributed by atoms with Crippen LogP contribution in [0.4, 0.5) is 15.8 Å². The summed E-state index contributed by atoms with van der Waals surface area (Å²) in [6, 6.07) is 12.8. The topological polar surface area (TPSA) is 49.6 Å². The van der Waals surface area contributed by atoms with Crippen LogP contribution in [0.25, 0.3) is 5.70 Å². The highest BCUT2D eigenvalue weighted by Crippen LogP contribution is 2.35. The molecule has 2 rings (SSSR count). The van der Waals surface area contributed by atoms with Crippen LogP contribution in [0.2, 0.25) is 0 Å². The van der Waals surface area contributed by atoms with E-state index in [1.807, 2.05) is 56.9 Å². The molecule has 0 aromatic heterocycles. The fourth-order valence-electron chi connectivity index (χ4n) is 4.49. The normalized spacial score (nSPS) is 11.3. The summed E-state index contributed by atoms with van der Waals surface area (Å²) in [6.07, 6.45) is 3.83. The molecule has 33 heavy (non-hydrogen) atoms. The Kier molecular flexibility index (Phi) is 9.51. The largest absolute Gasteiger partial charge is 0.399 e. The number of amides is 1. The molecule has 0 aliphatic carbocycles. The van der Waals surface area contributed by atoms with Gasteiger partial charge in [0.1, 0.15) is 5.82 Å². The van der Waals surface area contributed by atoms with Crippen molar-refractivity contribution in [1.29, 1.82) is 0 Å². The van der Waals surface area contributed by atoms with E-state index in [9.17, 15) is 4.79 Å². The number of nitrogens with two attached hydrogens (primary N) is 1. The van der Waals surface area contributed by atoms with E-state index in [1.54, 1.807) is 12.1 Å². The first-order chi connectivity index (χ1) is 15.6. The summed E-state index contributed by atoms with van der Waals surface area (Å²) in [4.78, 5) is 17.1. The summed E-state index contributed by atoms with van der Waals surface area (Å²) in [7, 11) is 0. The smallest absolute Gasteiger partial charge is 0.254 e. The van der Waals surface area contributed by atoms with E-state index >= 15 is 4.39 Å². The molecule has 0 atom stereocenters. The number of halogens is 1. The van der Waals surface area contributed by atoms with Gasteiger partial charge in [0.15, 0.2) is 0 Å². The number of rotatable bonds is 11. The van der Waals surface area contributed by atoms with Crippen LogP contribution in [0.15, 0.2) is 49.0 Å². The Labute approximate surface area is 199 Å². The zero-order valence-electron chi connectivity index (χ0n) is 21.1. The minimum atomic E-state index is -0.303. The summed E-state index contributed by atoms with van der Waals surface area (Å²) < 4.78 is 15.1. The van der Waals surface area contributed by atoms with E-state index in [-0.39, 0.29) is 29.8 Å². The number of carbonyl (C=O) groups excluding carboxylic acids is 1. The predicted octanol–water partition coefficient (Wildman–Crippen LogP) is 7.12. The van der Waals surface area contributed by atoms with Crippen molar-refractivity contribution in [3.05, 3.63) is 66.0 Å². The Morgan fingerprint density at radius 1 is 0.939 bits per heavy atom. The molecule has 0 aliphatic heterocycles. The minimum Gasteiger partial charge on any atom is -0.399 e. The lowest BCUT2D eigenvalue weighted by Crippen LogP contribution is -2.42. The summed E-state index contributed by atoms with van der Waals surface area (Å²) in [5, 5.41) is 0. The van der Waals surface area contributed by atoms with E-state index in [0.717, 1.165) is 31.4 Å². The van der Waals surface area contributed by atoms with Gasteiger partial charge in [-0.2, -0.15) is 0 Å². The zero-order valence-corrected chi connectivity index (χ0v) is 21.1. The number of hydrogen-bond donors (Lipinski definition) is 1. The van der Waals surface area contributed by atoms with Gasteiger partial charge >= 0.3 is 0 Å². The van der Waals surface area contributed by atoms with Gasteiger partial charge in [-0.3, -0.25) is 4.79 Å². The molecule has 0 saturated heterocycles. The number of hydrogen-bond acceptors (Lipinski definition) is 3. The summed E-state index contributed by atoms with van der Waals surface area (Å²) >= 11 is 0. The second-order valence-electron chi connectivity index (χ2n) is 9.24. The Bertz CT molecular complexity index is 923. The number of carbonyl (C=O) groups is 1. The van der Waals surface area contributed by atoms with E-state index in [0.29, 0.717) is 22.5 Å². The molecule has 4 nitrogen and oxygen atoms in total. The summed E-state index contributed by atoms with van der Waals surface area (Å²) in [5.41, 5.74) is 9.00. The van der Waals surface area contributed by atoms with Crippen LogP contribution in [0.5, 0.6) is 0 Å². The van der Waals surface area contributed by atoms with Crippen LogP contribution in [0, 0.1) is 5.82 Å². The van der Waals surface area contributed by atoms with Crippen molar-refractivity contribution in [3.8, 4) is 0 Å². The van der Waals surface area contributed by atoms with Crippen molar-refractivity contribution in [1.82, 2.24) is 4.90 Å². The molecule has 180 valence electrons. The quantitative estimate of drug-likeness (QED) is 0.394. The first kappa shape index (κ1) is 26.4. The molecule has 0 unspecified atom stereocenters. The third kappa shape index (κ3) is 6.37. The van der Waals surface area contributed by atoms with Gasteiger partial charge < -0.3 is 15.5 Å². The van der Waals surface area contributed by atoms with E-state index in [2.05, 4.69) is 25.3 Å². The minimum absolute atomic E-state index is 0.00405. The third-order valence-corrected chi connectivity index (χ3v) is 5.93. The SMILES string of the molecule is C=C(N)c1ccc(F)c(N(c2ccc(C(=O)N(C(C)C)C(C)C)cc2)C(CCC)CCC)c1. The first-order valence-corrected chi connectivity index (χ1v) is 12.1. The Balaban J connectivity index is 2.56. The molecule has 0 saturated carbocycles. The fraction of sp³-hybridized carbons (Fsp3) is 0.464. The van der Waals surface area contributed by atoms with Gasteiger partial charge in [0, 0.05) is 35.1 Å². The molecule has 5 heteroatoms. The Hall–Kier alpha value is -2.82. The molecule has 2 aromatic carbocycles. The van der Waals surface area contributed by atoms with E-state index in [1.165, 1.54) is 6.07 Å². The molecule has 1 amide bonds. The number of anilines is 2. The molecule has 0 fully saturated rings. The second kappa shape index (κ2) is 11.9. The molecular formula is C28H40FN3O. The van der Waals surface area contributed by atoms with Gasteiger partial charge in [0.05, 0.1) is 5.69 Å². The maximum atomic E-state index is 15.1. The lowest BCUT2D eigenvalue weighted by atomic mass is 10.0.